The number of hydrogen-bond donors (Lipinski definition) is 0. The second kappa shape index (κ2) is 10.2. The fraction of sp³-hybridized carbons (Fsp3) is 0.143. The highest BCUT2D eigenvalue weighted by atomic mass is 32.2. The Morgan fingerprint density at radius 2 is 1.81 bits per heavy atom. The maximum atomic E-state index is 13.5. The van der Waals surface area contributed by atoms with E-state index in [1.165, 1.54) is 15.4 Å². The molecule has 2 aromatic heterocycles. The second-order valence-electron chi connectivity index (χ2n) is 8.48. The minimum atomic E-state index is -0.341. The molecule has 9 heteroatoms. The number of rotatable bonds is 6. The van der Waals surface area contributed by atoms with Crippen molar-refractivity contribution < 1.29 is 14.3 Å². The lowest BCUT2D eigenvalue weighted by Crippen LogP contribution is -2.27. The van der Waals surface area contributed by atoms with Gasteiger partial charge in [-0.1, -0.05) is 54.3 Å². The SMILES string of the molecule is COc1ccc(CN2C(=O)/C(=C\c3c(Oc4cccc(C)c4C)nc4ccccn4c3=O)SC2=S)cc1. The van der Waals surface area contributed by atoms with Gasteiger partial charge in [0.05, 0.1) is 18.6 Å². The van der Waals surface area contributed by atoms with Gasteiger partial charge >= 0.3 is 0 Å². The topological polar surface area (TPSA) is 73.1 Å². The summed E-state index contributed by atoms with van der Waals surface area (Å²) in [5, 5.41) is 0. The molecular weight excluding hydrogens is 506 g/mol. The summed E-state index contributed by atoms with van der Waals surface area (Å²) in [6.45, 7) is 4.25. The summed E-state index contributed by atoms with van der Waals surface area (Å²) in [6.07, 6.45) is 3.17. The van der Waals surface area contributed by atoms with Crippen LogP contribution in [0.25, 0.3) is 11.7 Å². The molecule has 0 spiro atoms. The van der Waals surface area contributed by atoms with Crippen molar-refractivity contribution in [1.29, 1.82) is 0 Å². The van der Waals surface area contributed by atoms with E-state index in [0.717, 1.165) is 34.2 Å². The average Bonchev–Trinajstić information content (AvgIpc) is 3.16. The maximum absolute atomic E-state index is 13.5. The predicted molar refractivity (Wildman–Crippen MR) is 149 cm³/mol. The number of ether oxygens (including phenoxy) is 2. The van der Waals surface area contributed by atoms with Crippen LogP contribution in [0.15, 0.2) is 76.6 Å². The van der Waals surface area contributed by atoms with E-state index in [9.17, 15) is 9.59 Å². The lowest BCUT2D eigenvalue weighted by Gasteiger charge is -2.15. The molecule has 0 atom stereocenters. The van der Waals surface area contributed by atoms with Crippen molar-refractivity contribution in [2.75, 3.05) is 7.11 Å². The predicted octanol–water partition coefficient (Wildman–Crippen LogP) is 5.51. The van der Waals surface area contributed by atoms with E-state index in [2.05, 4.69) is 4.98 Å². The number of thioether (sulfide) groups is 1. The molecule has 5 rings (SSSR count). The van der Waals surface area contributed by atoms with Crippen LogP contribution < -0.4 is 15.0 Å². The Bertz CT molecular complexity index is 1630. The van der Waals surface area contributed by atoms with Gasteiger partial charge in [0, 0.05) is 6.20 Å². The Morgan fingerprint density at radius 3 is 2.57 bits per heavy atom. The molecule has 0 aliphatic carbocycles. The molecule has 0 unspecified atom stereocenters. The zero-order valence-electron chi connectivity index (χ0n) is 20.4. The third-order valence-corrected chi connectivity index (χ3v) is 7.52. The first-order chi connectivity index (χ1) is 17.9. The summed E-state index contributed by atoms with van der Waals surface area (Å²) in [7, 11) is 1.60. The molecule has 3 heterocycles. The highest BCUT2D eigenvalue weighted by Crippen LogP contribution is 2.35. The molecule has 186 valence electrons. The Hall–Kier alpha value is -3.95. The van der Waals surface area contributed by atoms with Gasteiger partial charge in [0.25, 0.3) is 11.5 Å². The quantitative estimate of drug-likeness (QED) is 0.241. The fourth-order valence-electron chi connectivity index (χ4n) is 3.90. The molecule has 0 radical (unpaired) electrons. The number of carbonyl (C=O) groups is 1. The standard InChI is InChI=1S/C28H23N3O4S2/c1-17-7-6-8-22(18(17)2)35-25-21(26(32)30-14-5-4-9-24(30)29-25)15-23-27(33)31(28(36)37-23)16-19-10-12-20(34-3)13-11-19/h4-15H,16H2,1-3H3/b23-15+. The highest BCUT2D eigenvalue weighted by Gasteiger charge is 2.33. The van der Waals surface area contributed by atoms with Gasteiger partial charge in [0.1, 0.15) is 27.0 Å². The summed E-state index contributed by atoms with van der Waals surface area (Å²) in [5.41, 5.74) is 3.17. The number of pyridine rings is 1. The molecule has 1 aliphatic heterocycles. The van der Waals surface area contributed by atoms with Crippen molar-refractivity contribution in [1.82, 2.24) is 14.3 Å². The van der Waals surface area contributed by atoms with E-state index in [0.29, 0.717) is 27.2 Å². The molecular formula is C28H23N3O4S2. The zero-order chi connectivity index (χ0) is 26.1. The first kappa shape index (κ1) is 24.7. The number of fused-ring (bicyclic) bond motifs is 1. The number of methoxy groups -OCH3 is 1. The molecule has 2 aromatic carbocycles. The molecule has 4 aromatic rings. The monoisotopic (exact) mass is 529 g/mol. The van der Waals surface area contributed by atoms with Crippen LogP contribution in [0.1, 0.15) is 22.3 Å². The average molecular weight is 530 g/mol. The number of amides is 1. The van der Waals surface area contributed by atoms with Crippen LogP contribution in [0.5, 0.6) is 17.4 Å². The number of aryl methyl sites for hydroxylation is 1. The molecule has 7 nitrogen and oxygen atoms in total. The normalized spacial score (nSPS) is 14.6. The smallest absolute Gasteiger partial charge is 0.269 e. The number of hydrogen-bond acceptors (Lipinski definition) is 7. The van der Waals surface area contributed by atoms with Crippen LogP contribution in [-0.2, 0) is 11.3 Å². The summed E-state index contributed by atoms with van der Waals surface area (Å²) in [5.74, 6) is 1.18. The van der Waals surface area contributed by atoms with Gasteiger partial charge < -0.3 is 9.47 Å². The van der Waals surface area contributed by atoms with Crippen LogP contribution in [0.4, 0.5) is 0 Å². The van der Waals surface area contributed by atoms with Gasteiger partial charge in [-0.25, -0.2) is 0 Å². The van der Waals surface area contributed by atoms with Gasteiger partial charge in [-0.15, -0.1) is 0 Å². The van der Waals surface area contributed by atoms with E-state index < -0.39 is 0 Å². The van der Waals surface area contributed by atoms with Crippen molar-refractivity contribution in [3.63, 3.8) is 0 Å². The molecule has 0 N–H and O–H groups in total. The summed E-state index contributed by atoms with van der Waals surface area (Å²) in [4.78, 5) is 33.3. The summed E-state index contributed by atoms with van der Waals surface area (Å²) >= 11 is 6.66. The van der Waals surface area contributed by atoms with Crippen LogP contribution in [0, 0.1) is 13.8 Å². The minimum Gasteiger partial charge on any atom is -0.497 e. The van der Waals surface area contributed by atoms with Gasteiger partial charge in [0.15, 0.2) is 0 Å². The lowest BCUT2D eigenvalue weighted by molar-refractivity contribution is -0.122. The molecule has 0 saturated carbocycles. The van der Waals surface area contributed by atoms with Crippen molar-refractivity contribution >= 4 is 45.9 Å². The van der Waals surface area contributed by atoms with E-state index in [1.54, 1.807) is 31.5 Å². The van der Waals surface area contributed by atoms with Gasteiger partial charge in [-0.2, -0.15) is 4.98 Å². The zero-order valence-corrected chi connectivity index (χ0v) is 22.1. The molecule has 0 bridgehead atoms. The Kier molecular flexibility index (Phi) is 6.82. The van der Waals surface area contributed by atoms with Gasteiger partial charge in [-0.05, 0) is 66.9 Å². The maximum Gasteiger partial charge on any atom is 0.269 e. The van der Waals surface area contributed by atoms with Crippen LogP contribution >= 0.6 is 24.0 Å². The van der Waals surface area contributed by atoms with Crippen LogP contribution in [0.3, 0.4) is 0 Å². The Morgan fingerprint density at radius 1 is 1.03 bits per heavy atom. The van der Waals surface area contributed by atoms with E-state index in [1.807, 2.05) is 56.3 Å². The molecule has 37 heavy (non-hydrogen) atoms. The van der Waals surface area contributed by atoms with Gasteiger partial charge in [0.2, 0.25) is 5.88 Å². The Balaban J connectivity index is 1.54. The fourth-order valence-corrected chi connectivity index (χ4v) is 5.14. The number of aromatic nitrogens is 2. The molecule has 1 amide bonds. The first-order valence-electron chi connectivity index (χ1n) is 11.5. The van der Waals surface area contributed by atoms with E-state index in [-0.39, 0.29) is 22.9 Å². The van der Waals surface area contributed by atoms with Crippen LogP contribution in [-0.4, -0.2) is 31.6 Å². The number of thiocarbonyl (C=S) groups is 1. The molecule has 1 saturated heterocycles. The highest BCUT2D eigenvalue weighted by molar-refractivity contribution is 8.26. The van der Waals surface area contributed by atoms with Crippen molar-refractivity contribution in [2.45, 2.75) is 20.4 Å². The third-order valence-electron chi connectivity index (χ3n) is 6.14. The number of carbonyl (C=O) groups excluding carboxylic acids is 1. The Labute approximate surface area is 223 Å². The number of nitrogens with zero attached hydrogens (tertiary/aromatic N) is 3. The van der Waals surface area contributed by atoms with E-state index in [4.69, 9.17) is 21.7 Å². The first-order valence-corrected chi connectivity index (χ1v) is 12.7. The summed E-state index contributed by atoms with van der Waals surface area (Å²) < 4.78 is 13.2. The summed E-state index contributed by atoms with van der Waals surface area (Å²) in [6, 6.07) is 18.4. The van der Waals surface area contributed by atoms with Crippen LogP contribution in [0.2, 0.25) is 0 Å². The largest absolute Gasteiger partial charge is 0.497 e. The molecule has 1 fully saturated rings. The second-order valence-corrected chi connectivity index (χ2v) is 10.2. The third kappa shape index (κ3) is 4.87. The van der Waals surface area contributed by atoms with Gasteiger partial charge in [-0.3, -0.25) is 18.9 Å². The minimum absolute atomic E-state index is 0.130. The van der Waals surface area contributed by atoms with Crippen molar-refractivity contribution in [2.24, 2.45) is 0 Å². The van der Waals surface area contributed by atoms with Crippen molar-refractivity contribution in [3.8, 4) is 17.4 Å². The number of benzene rings is 2. The lowest BCUT2D eigenvalue weighted by atomic mass is 10.1. The molecule has 1 aliphatic rings. The van der Waals surface area contributed by atoms with Crippen molar-refractivity contribution in [3.05, 3.63) is 104 Å². The van der Waals surface area contributed by atoms with E-state index >= 15 is 0 Å².